The third-order valence-corrected chi connectivity index (χ3v) is 1.96. The lowest BCUT2D eigenvalue weighted by Crippen LogP contribution is -2.24. The molecule has 0 atom stereocenters. The van der Waals surface area contributed by atoms with Crippen LogP contribution in [0.15, 0.2) is 22.0 Å². The Labute approximate surface area is 77.9 Å². The minimum Gasteiger partial charge on any atom is -0.411 e. The summed E-state index contributed by atoms with van der Waals surface area (Å²) in [6.45, 7) is 3.77. The standard InChI is InChI=1S/C8H7BrN2O/c1-6-4-10-5-8(9)7(6)2-3-11-12/h2-5,12H,1H2/b7-2+,11-3+. The fourth-order valence-corrected chi connectivity index (χ4v) is 1.28. The molecule has 4 heteroatoms. The third-order valence-electron chi connectivity index (χ3n) is 1.33. The summed E-state index contributed by atoms with van der Waals surface area (Å²) in [4.78, 5) is 3.92. The molecule has 1 aromatic rings. The first kappa shape index (κ1) is 8.93. The summed E-state index contributed by atoms with van der Waals surface area (Å²) in [7, 11) is 0. The third kappa shape index (κ3) is 1.92. The van der Waals surface area contributed by atoms with Gasteiger partial charge in [0.15, 0.2) is 0 Å². The number of nitrogens with zero attached hydrogens (tertiary/aromatic N) is 2. The van der Waals surface area contributed by atoms with Crippen molar-refractivity contribution < 1.29 is 5.21 Å². The second kappa shape index (κ2) is 4.01. The Hall–Kier alpha value is -1.16. The summed E-state index contributed by atoms with van der Waals surface area (Å²) in [5, 5.41) is 12.7. The summed E-state index contributed by atoms with van der Waals surface area (Å²) in [6, 6.07) is 0. The van der Waals surface area contributed by atoms with Crippen LogP contribution in [0.2, 0.25) is 0 Å². The Balaban J connectivity index is 3.41. The SMILES string of the molecule is C=c1cncc(Br)/c1=C/C=N/O. The summed E-state index contributed by atoms with van der Waals surface area (Å²) in [5.74, 6) is 0. The number of rotatable bonds is 1. The van der Waals surface area contributed by atoms with Crippen molar-refractivity contribution in [2.24, 2.45) is 5.16 Å². The predicted octanol–water partition coefficient (Wildman–Crippen LogP) is 0.495. The molecular formula is C8H7BrN2O. The zero-order valence-corrected chi connectivity index (χ0v) is 7.82. The molecular weight excluding hydrogens is 220 g/mol. The zero-order valence-electron chi connectivity index (χ0n) is 6.24. The number of halogens is 1. The van der Waals surface area contributed by atoms with Crippen LogP contribution in [0, 0.1) is 0 Å². The van der Waals surface area contributed by atoms with E-state index in [1.807, 2.05) is 0 Å². The van der Waals surface area contributed by atoms with E-state index in [0.717, 1.165) is 14.9 Å². The van der Waals surface area contributed by atoms with Crippen LogP contribution in [-0.4, -0.2) is 16.4 Å². The maximum absolute atomic E-state index is 8.20. The molecule has 0 aliphatic rings. The van der Waals surface area contributed by atoms with Gasteiger partial charge >= 0.3 is 0 Å². The molecule has 1 heterocycles. The van der Waals surface area contributed by atoms with Crippen molar-refractivity contribution in [2.45, 2.75) is 0 Å². The molecule has 1 aromatic heterocycles. The molecule has 0 aliphatic carbocycles. The van der Waals surface area contributed by atoms with Gasteiger partial charge in [-0.3, -0.25) is 4.98 Å². The van der Waals surface area contributed by atoms with Crippen molar-refractivity contribution in [2.75, 3.05) is 0 Å². The van der Waals surface area contributed by atoms with Gasteiger partial charge in [-0.05, 0) is 27.2 Å². The fourth-order valence-electron chi connectivity index (χ4n) is 0.780. The molecule has 0 aromatic carbocycles. The highest BCUT2D eigenvalue weighted by Crippen LogP contribution is 1.95. The van der Waals surface area contributed by atoms with E-state index in [4.69, 9.17) is 5.21 Å². The smallest absolute Gasteiger partial charge is 0.0668 e. The van der Waals surface area contributed by atoms with Crippen molar-refractivity contribution in [3.05, 3.63) is 27.3 Å². The van der Waals surface area contributed by atoms with Gasteiger partial charge < -0.3 is 5.21 Å². The monoisotopic (exact) mass is 226 g/mol. The molecule has 0 bridgehead atoms. The highest BCUT2D eigenvalue weighted by Gasteiger charge is 1.89. The van der Waals surface area contributed by atoms with E-state index in [-0.39, 0.29) is 0 Å². The molecule has 0 radical (unpaired) electrons. The van der Waals surface area contributed by atoms with Crippen molar-refractivity contribution in [3.8, 4) is 0 Å². The largest absolute Gasteiger partial charge is 0.411 e. The average molecular weight is 227 g/mol. The average Bonchev–Trinajstić information content (AvgIpc) is 2.04. The van der Waals surface area contributed by atoms with Gasteiger partial charge in [-0.2, -0.15) is 0 Å². The van der Waals surface area contributed by atoms with Gasteiger partial charge in [0.25, 0.3) is 0 Å². The summed E-state index contributed by atoms with van der Waals surface area (Å²) in [6.07, 6.45) is 6.23. The van der Waals surface area contributed by atoms with E-state index in [1.165, 1.54) is 6.21 Å². The van der Waals surface area contributed by atoms with Crippen LogP contribution in [0.25, 0.3) is 12.7 Å². The lowest BCUT2D eigenvalue weighted by molar-refractivity contribution is 0.322. The summed E-state index contributed by atoms with van der Waals surface area (Å²) in [5.41, 5.74) is 0. The van der Waals surface area contributed by atoms with Crippen LogP contribution in [0.3, 0.4) is 0 Å². The van der Waals surface area contributed by atoms with E-state index >= 15 is 0 Å². The quantitative estimate of drug-likeness (QED) is 0.431. The number of pyridine rings is 1. The Bertz CT molecular complexity index is 400. The molecule has 0 amide bonds. The molecule has 12 heavy (non-hydrogen) atoms. The second-order valence-corrected chi connectivity index (χ2v) is 2.98. The zero-order chi connectivity index (χ0) is 8.97. The fraction of sp³-hybridized carbons (Fsp3) is 0. The Kier molecular flexibility index (Phi) is 2.99. The van der Waals surface area contributed by atoms with Gasteiger partial charge in [-0.15, -0.1) is 0 Å². The number of oxime groups is 1. The summed E-state index contributed by atoms with van der Waals surface area (Å²) < 4.78 is 0.829. The lowest BCUT2D eigenvalue weighted by atomic mass is 10.3. The lowest BCUT2D eigenvalue weighted by Gasteiger charge is -1.89. The Morgan fingerprint density at radius 3 is 2.92 bits per heavy atom. The molecule has 0 aliphatic heterocycles. The normalized spacial score (nSPS) is 12.6. The van der Waals surface area contributed by atoms with Gasteiger partial charge in [0, 0.05) is 22.1 Å². The maximum atomic E-state index is 8.20. The molecule has 0 fully saturated rings. The highest BCUT2D eigenvalue weighted by molar-refractivity contribution is 9.10. The minimum absolute atomic E-state index is 0.782. The van der Waals surface area contributed by atoms with Gasteiger partial charge in [-0.1, -0.05) is 11.7 Å². The first-order valence-corrected chi connectivity index (χ1v) is 4.01. The molecule has 0 spiro atoms. The Morgan fingerprint density at radius 1 is 1.58 bits per heavy atom. The van der Waals surface area contributed by atoms with Gasteiger partial charge in [0.2, 0.25) is 0 Å². The number of hydrogen-bond acceptors (Lipinski definition) is 3. The van der Waals surface area contributed by atoms with E-state index in [9.17, 15) is 0 Å². The van der Waals surface area contributed by atoms with Crippen LogP contribution < -0.4 is 10.4 Å². The molecule has 0 unspecified atom stereocenters. The van der Waals surface area contributed by atoms with E-state index < -0.39 is 0 Å². The van der Waals surface area contributed by atoms with Gasteiger partial charge in [0.1, 0.15) is 0 Å². The molecule has 62 valence electrons. The predicted molar refractivity (Wildman–Crippen MR) is 51.5 cm³/mol. The number of hydrogen-bond donors (Lipinski definition) is 1. The minimum atomic E-state index is 0.782. The van der Waals surface area contributed by atoms with Crippen molar-refractivity contribution in [1.82, 2.24) is 4.98 Å². The van der Waals surface area contributed by atoms with Gasteiger partial charge in [-0.25, -0.2) is 0 Å². The van der Waals surface area contributed by atoms with Crippen LogP contribution in [0.4, 0.5) is 0 Å². The molecule has 1 rings (SSSR count). The van der Waals surface area contributed by atoms with E-state index in [2.05, 4.69) is 32.6 Å². The molecule has 1 N–H and O–H groups in total. The number of aromatic nitrogens is 1. The van der Waals surface area contributed by atoms with Gasteiger partial charge in [0.05, 0.1) is 6.21 Å². The maximum Gasteiger partial charge on any atom is 0.0668 e. The van der Waals surface area contributed by atoms with Crippen LogP contribution in [0.1, 0.15) is 0 Å². The van der Waals surface area contributed by atoms with Crippen molar-refractivity contribution in [1.29, 1.82) is 0 Å². The first-order valence-electron chi connectivity index (χ1n) is 3.22. The Morgan fingerprint density at radius 2 is 2.33 bits per heavy atom. The van der Waals surface area contributed by atoms with Crippen LogP contribution in [-0.2, 0) is 0 Å². The topological polar surface area (TPSA) is 45.5 Å². The molecule has 3 nitrogen and oxygen atoms in total. The van der Waals surface area contributed by atoms with Crippen molar-refractivity contribution >= 4 is 34.8 Å². The molecule has 0 saturated heterocycles. The second-order valence-electron chi connectivity index (χ2n) is 2.13. The first-order chi connectivity index (χ1) is 5.75. The van der Waals surface area contributed by atoms with Crippen LogP contribution >= 0.6 is 15.9 Å². The molecule has 0 saturated carbocycles. The highest BCUT2D eigenvalue weighted by atomic mass is 79.9. The van der Waals surface area contributed by atoms with E-state index in [1.54, 1.807) is 18.5 Å². The summed E-state index contributed by atoms with van der Waals surface area (Å²) >= 11 is 3.30. The van der Waals surface area contributed by atoms with E-state index in [0.29, 0.717) is 0 Å². The van der Waals surface area contributed by atoms with Crippen molar-refractivity contribution in [3.63, 3.8) is 0 Å². The van der Waals surface area contributed by atoms with Crippen LogP contribution in [0.5, 0.6) is 0 Å².